The van der Waals surface area contributed by atoms with E-state index in [9.17, 15) is 0 Å². The third-order valence-corrected chi connectivity index (χ3v) is 3.52. The van der Waals surface area contributed by atoms with E-state index in [1.807, 2.05) is 0 Å². The lowest BCUT2D eigenvalue weighted by Gasteiger charge is -2.21. The van der Waals surface area contributed by atoms with Crippen molar-refractivity contribution in [1.82, 2.24) is 5.32 Å². The molecule has 0 radical (unpaired) electrons. The summed E-state index contributed by atoms with van der Waals surface area (Å²) >= 11 is 0. The van der Waals surface area contributed by atoms with Crippen molar-refractivity contribution in [3.63, 3.8) is 0 Å². The van der Waals surface area contributed by atoms with Crippen molar-refractivity contribution in [1.29, 1.82) is 0 Å². The molecule has 0 bridgehead atoms. The van der Waals surface area contributed by atoms with Gasteiger partial charge in [0.2, 0.25) is 0 Å². The van der Waals surface area contributed by atoms with E-state index in [4.69, 9.17) is 4.74 Å². The molecule has 0 amide bonds. The summed E-state index contributed by atoms with van der Waals surface area (Å²) in [6, 6.07) is 9.27. The highest BCUT2D eigenvalue weighted by Gasteiger charge is 2.05. The summed E-state index contributed by atoms with van der Waals surface area (Å²) < 4.78 is 5.19. The van der Waals surface area contributed by atoms with Crippen LogP contribution in [0.5, 0.6) is 0 Å². The Morgan fingerprint density at radius 2 is 1.74 bits per heavy atom. The van der Waals surface area contributed by atoms with Crippen LogP contribution in [-0.4, -0.2) is 32.8 Å². The Morgan fingerprint density at radius 3 is 2.21 bits per heavy atom. The van der Waals surface area contributed by atoms with Crippen LogP contribution in [0.25, 0.3) is 0 Å². The molecule has 1 aromatic rings. The van der Waals surface area contributed by atoms with E-state index in [2.05, 4.69) is 55.3 Å². The number of rotatable bonds is 9. The molecule has 3 heteroatoms. The largest absolute Gasteiger partial charge is 0.383 e. The first-order valence-electron chi connectivity index (χ1n) is 7.31. The van der Waals surface area contributed by atoms with Crippen LogP contribution in [0.15, 0.2) is 24.3 Å². The Kier molecular flexibility index (Phi) is 7.53. The summed E-state index contributed by atoms with van der Waals surface area (Å²) in [6.45, 7) is 10.3. The fraction of sp³-hybridized carbons (Fsp3) is 0.625. The highest BCUT2D eigenvalue weighted by molar-refractivity contribution is 5.47. The van der Waals surface area contributed by atoms with Gasteiger partial charge in [0.05, 0.1) is 6.61 Å². The van der Waals surface area contributed by atoms with Gasteiger partial charge in [0, 0.05) is 38.5 Å². The van der Waals surface area contributed by atoms with Gasteiger partial charge in [-0.05, 0) is 38.0 Å². The van der Waals surface area contributed by atoms with E-state index >= 15 is 0 Å². The number of hydrogen-bond donors (Lipinski definition) is 1. The van der Waals surface area contributed by atoms with Gasteiger partial charge in [0.15, 0.2) is 0 Å². The highest BCUT2D eigenvalue weighted by atomic mass is 16.5. The fourth-order valence-corrected chi connectivity index (χ4v) is 2.20. The molecular weight excluding hydrogens is 236 g/mol. The fourth-order valence-electron chi connectivity index (χ4n) is 2.20. The van der Waals surface area contributed by atoms with Crippen LogP contribution in [0, 0.1) is 0 Å². The average molecular weight is 264 g/mol. The zero-order valence-electron chi connectivity index (χ0n) is 12.8. The second-order valence-electron chi connectivity index (χ2n) is 4.78. The Hall–Kier alpha value is -1.06. The van der Waals surface area contributed by atoms with Crippen LogP contribution < -0.4 is 10.2 Å². The van der Waals surface area contributed by atoms with Gasteiger partial charge in [-0.3, -0.25) is 0 Å². The zero-order chi connectivity index (χ0) is 14.1. The molecule has 19 heavy (non-hydrogen) atoms. The number of benzene rings is 1. The molecule has 0 aliphatic carbocycles. The average Bonchev–Trinajstić information content (AvgIpc) is 2.46. The molecule has 1 atom stereocenters. The standard InChI is InChI=1S/C16H28N2O/c1-5-15(13-19-4)17-12-14-8-10-16(11-9-14)18(6-2)7-3/h8-11,15,17H,5-7,12-13H2,1-4H3. The van der Waals surface area contributed by atoms with E-state index in [0.717, 1.165) is 32.7 Å². The van der Waals surface area contributed by atoms with Gasteiger partial charge in [-0.25, -0.2) is 0 Å². The van der Waals surface area contributed by atoms with Crippen molar-refractivity contribution in [2.75, 3.05) is 31.7 Å². The molecule has 0 aliphatic rings. The van der Waals surface area contributed by atoms with Crippen molar-refractivity contribution in [3.8, 4) is 0 Å². The predicted molar refractivity (Wildman–Crippen MR) is 82.8 cm³/mol. The summed E-state index contributed by atoms with van der Waals surface area (Å²) in [6.07, 6.45) is 1.09. The number of anilines is 1. The van der Waals surface area contributed by atoms with E-state index in [0.29, 0.717) is 6.04 Å². The Balaban J connectivity index is 2.52. The molecule has 0 heterocycles. The maximum atomic E-state index is 5.19. The van der Waals surface area contributed by atoms with Crippen LogP contribution in [0.3, 0.4) is 0 Å². The molecule has 1 aromatic carbocycles. The quantitative estimate of drug-likeness (QED) is 0.742. The molecule has 0 spiro atoms. The molecule has 0 aromatic heterocycles. The van der Waals surface area contributed by atoms with Gasteiger partial charge >= 0.3 is 0 Å². The lowest BCUT2D eigenvalue weighted by molar-refractivity contribution is 0.164. The lowest BCUT2D eigenvalue weighted by Crippen LogP contribution is -2.32. The second-order valence-corrected chi connectivity index (χ2v) is 4.78. The Labute approximate surface area is 118 Å². The Bertz CT molecular complexity index is 333. The second kappa shape index (κ2) is 8.94. The van der Waals surface area contributed by atoms with Crippen LogP contribution >= 0.6 is 0 Å². The summed E-state index contributed by atoms with van der Waals surface area (Å²) in [4.78, 5) is 2.36. The van der Waals surface area contributed by atoms with Crippen molar-refractivity contribution in [3.05, 3.63) is 29.8 Å². The summed E-state index contributed by atoms with van der Waals surface area (Å²) in [7, 11) is 1.75. The number of nitrogens with zero attached hydrogens (tertiary/aromatic N) is 1. The minimum absolute atomic E-state index is 0.437. The smallest absolute Gasteiger partial charge is 0.0615 e. The van der Waals surface area contributed by atoms with Crippen LogP contribution in [-0.2, 0) is 11.3 Å². The highest BCUT2D eigenvalue weighted by Crippen LogP contribution is 2.14. The first-order chi connectivity index (χ1) is 9.24. The minimum Gasteiger partial charge on any atom is -0.383 e. The van der Waals surface area contributed by atoms with Crippen LogP contribution in [0.1, 0.15) is 32.8 Å². The van der Waals surface area contributed by atoms with Gasteiger partial charge in [-0.1, -0.05) is 19.1 Å². The van der Waals surface area contributed by atoms with E-state index < -0.39 is 0 Å². The SMILES string of the molecule is CCC(COC)NCc1ccc(N(CC)CC)cc1. The first kappa shape index (κ1) is 16.0. The third-order valence-electron chi connectivity index (χ3n) is 3.52. The summed E-state index contributed by atoms with van der Waals surface area (Å²) in [5.41, 5.74) is 2.63. The predicted octanol–water partition coefficient (Wildman–Crippen LogP) is 3.05. The van der Waals surface area contributed by atoms with E-state index in [1.165, 1.54) is 11.3 Å². The van der Waals surface area contributed by atoms with Gasteiger partial charge < -0.3 is 15.0 Å². The molecule has 0 saturated heterocycles. The molecule has 0 aliphatic heterocycles. The third kappa shape index (κ3) is 5.21. The zero-order valence-corrected chi connectivity index (χ0v) is 12.8. The normalized spacial score (nSPS) is 12.4. The molecule has 1 rings (SSSR count). The Morgan fingerprint density at radius 1 is 1.11 bits per heavy atom. The molecule has 1 N–H and O–H groups in total. The monoisotopic (exact) mass is 264 g/mol. The maximum absolute atomic E-state index is 5.19. The van der Waals surface area contributed by atoms with E-state index in [-0.39, 0.29) is 0 Å². The van der Waals surface area contributed by atoms with Crippen molar-refractivity contribution < 1.29 is 4.74 Å². The summed E-state index contributed by atoms with van der Waals surface area (Å²) in [5, 5.41) is 3.52. The van der Waals surface area contributed by atoms with Gasteiger partial charge in [0.1, 0.15) is 0 Å². The summed E-state index contributed by atoms with van der Waals surface area (Å²) in [5.74, 6) is 0. The van der Waals surface area contributed by atoms with Crippen LogP contribution in [0.4, 0.5) is 5.69 Å². The van der Waals surface area contributed by atoms with Crippen molar-refractivity contribution >= 4 is 5.69 Å². The van der Waals surface area contributed by atoms with Crippen molar-refractivity contribution in [2.45, 2.75) is 39.8 Å². The van der Waals surface area contributed by atoms with Gasteiger partial charge in [0.25, 0.3) is 0 Å². The number of ether oxygens (including phenoxy) is 1. The first-order valence-corrected chi connectivity index (χ1v) is 7.31. The molecule has 3 nitrogen and oxygen atoms in total. The number of hydrogen-bond acceptors (Lipinski definition) is 3. The molecular formula is C16H28N2O. The van der Waals surface area contributed by atoms with Crippen LogP contribution in [0.2, 0.25) is 0 Å². The minimum atomic E-state index is 0.437. The molecule has 0 saturated carbocycles. The van der Waals surface area contributed by atoms with Gasteiger partial charge in [-0.2, -0.15) is 0 Å². The van der Waals surface area contributed by atoms with Gasteiger partial charge in [-0.15, -0.1) is 0 Å². The maximum Gasteiger partial charge on any atom is 0.0615 e. The van der Waals surface area contributed by atoms with E-state index in [1.54, 1.807) is 7.11 Å². The topological polar surface area (TPSA) is 24.5 Å². The molecule has 1 unspecified atom stereocenters. The molecule has 0 fully saturated rings. The number of nitrogens with one attached hydrogen (secondary N) is 1. The lowest BCUT2D eigenvalue weighted by atomic mass is 10.1. The molecule has 108 valence electrons. The number of methoxy groups -OCH3 is 1. The van der Waals surface area contributed by atoms with Crippen molar-refractivity contribution in [2.24, 2.45) is 0 Å².